The predicted molar refractivity (Wildman–Crippen MR) is 111 cm³/mol. The summed E-state index contributed by atoms with van der Waals surface area (Å²) < 4.78 is 5.32. The van der Waals surface area contributed by atoms with Crippen LogP contribution < -0.4 is 20.7 Å². The molecule has 2 aromatic carbocycles. The lowest BCUT2D eigenvalue weighted by atomic mass is 10.2. The van der Waals surface area contributed by atoms with Crippen LogP contribution in [0, 0.1) is 0 Å². The second kappa shape index (κ2) is 9.32. The zero-order valence-corrected chi connectivity index (χ0v) is 16.1. The Morgan fingerprint density at radius 1 is 0.931 bits per heavy atom. The fourth-order valence-corrected chi connectivity index (χ4v) is 2.66. The van der Waals surface area contributed by atoms with Crippen molar-refractivity contribution < 1.29 is 14.3 Å². The molecule has 0 saturated heterocycles. The smallest absolute Gasteiger partial charge is 0.276 e. The minimum absolute atomic E-state index is 0.178. The molecule has 3 aromatic rings. The van der Waals surface area contributed by atoms with Crippen molar-refractivity contribution in [1.29, 1.82) is 0 Å². The van der Waals surface area contributed by atoms with Crippen LogP contribution in [-0.4, -0.2) is 29.1 Å². The zero-order chi connectivity index (χ0) is 20.6. The number of hydrogen-bond donors (Lipinski definition) is 3. The molecule has 1 heterocycles. The van der Waals surface area contributed by atoms with Gasteiger partial charge in [-0.1, -0.05) is 24.3 Å². The van der Waals surface area contributed by atoms with Crippen LogP contribution in [0.25, 0.3) is 0 Å². The quantitative estimate of drug-likeness (QED) is 0.571. The number of carbonyl (C=O) groups is 2. The number of rotatable bonds is 7. The van der Waals surface area contributed by atoms with Gasteiger partial charge in [-0.15, -0.1) is 10.2 Å². The number of hydrogen-bond acceptors (Lipinski definition) is 6. The molecule has 0 bridgehead atoms. The third-order valence-electron chi connectivity index (χ3n) is 3.99. The summed E-state index contributed by atoms with van der Waals surface area (Å²) in [7, 11) is 1.62. The van der Waals surface area contributed by atoms with Crippen LogP contribution in [-0.2, 0) is 11.3 Å². The number of para-hydroxylation sites is 1. The normalized spacial score (nSPS) is 10.1. The van der Waals surface area contributed by atoms with Gasteiger partial charge >= 0.3 is 0 Å². The SMILES string of the molecule is COc1ccccc1CNc1ccc(C(=O)Nc2cccc(NC(C)=O)c2)nn1. The van der Waals surface area contributed by atoms with Crippen molar-refractivity contribution in [3.63, 3.8) is 0 Å². The molecule has 0 fully saturated rings. The second-order valence-corrected chi connectivity index (χ2v) is 6.19. The van der Waals surface area contributed by atoms with Crippen LogP contribution in [0.2, 0.25) is 0 Å². The van der Waals surface area contributed by atoms with E-state index in [1.807, 2.05) is 24.3 Å². The van der Waals surface area contributed by atoms with Gasteiger partial charge in [0, 0.05) is 30.4 Å². The van der Waals surface area contributed by atoms with E-state index in [0.29, 0.717) is 23.7 Å². The van der Waals surface area contributed by atoms with Crippen molar-refractivity contribution in [3.05, 3.63) is 71.9 Å². The fraction of sp³-hybridized carbons (Fsp3) is 0.143. The Balaban J connectivity index is 1.61. The molecule has 2 amide bonds. The summed E-state index contributed by atoms with van der Waals surface area (Å²) in [6, 6.07) is 17.8. The van der Waals surface area contributed by atoms with Gasteiger partial charge in [-0.05, 0) is 36.4 Å². The van der Waals surface area contributed by atoms with Gasteiger partial charge in [0.05, 0.1) is 7.11 Å². The first-order chi connectivity index (χ1) is 14.0. The first-order valence-electron chi connectivity index (χ1n) is 8.93. The van der Waals surface area contributed by atoms with Crippen LogP contribution in [0.3, 0.4) is 0 Å². The van der Waals surface area contributed by atoms with Gasteiger partial charge in [-0.3, -0.25) is 9.59 Å². The first-order valence-corrected chi connectivity index (χ1v) is 8.93. The van der Waals surface area contributed by atoms with E-state index in [0.717, 1.165) is 11.3 Å². The Bertz CT molecular complexity index is 1010. The molecule has 0 saturated carbocycles. The number of carbonyl (C=O) groups excluding carboxylic acids is 2. The average Bonchev–Trinajstić information content (AvgIpc) is 2.72. The van der Waals surface area contributed by atoms with Crippen LogP contribution in [0.1, 0.15) is 23.0 Å². The minimum atomic E-state index is -0.395. The fourth-order valence-electron chi connectivity index (χ4n) is 2.66. The molecule has 0 spiro atoms. The van der Waals surface area contributed by atoms with Crippen molar-refractivity contribution in [2.24, 2.45) is 0 Å². The van der Waals surface area contributed by atoms with Crippen molar-refractivity contribution >= 4 is 29.0 Å². The summed E-state index contributed by atoms with van der Waals surface area (Å²) in [5.74, 6) is 0.745. The Morgan fingerprint density at radius 2 is 1.69 bits per heavy atom. The second-order valence-electron chi connectivity index (χ2n) is 6.19. The van der Waals surface area contributed by atoms with Crippen molar-refractivity contribution in [2.45, 2.75) is 13.5 Å². The van der Waals surface area contributed by atoms with Crippen molar-refractivity contribution in [1.82, 2.24) is 10.2 Å². The van der Waals surface area contributed by atoms with Gasteiger partial charge in [0.1, 0.15) is 11.6 Å². The van der Waals surface area contributed by atoms with Gasteiger partial charge in [0.15, 0.2) is 5.69 Å². The molecule has 8 nitrogen and oxygen atoms in total. The van der Waals surface area contributed by atoms with Gasteiger partial charge in [0.2, 0.25) is 5.91 Å². The topological polar surface area (TPSA) is 105 Å². The summed E-state index contributed by atoms with van der Waals surface area (Å²) in [6.45, 7) is 1.94. The minimum Gasteiger partial charge on any atom is -0.496 e. The van der Waals surface area contributed by atoms with Gasteiger partial charge in [-0.25, -0.2) is 0 Å². The van der Waals surface area contributed by atoms with Crippen LogP contribution in [0.5, 0.6) is 5.75 Å². The Morgan fingerprint density at radius 3 is 2.38 bits per heavy atom. The molecule has 0 aliphatic heterocycles. The highest BCUT2D eigenvalue weighted by Gasteiger charge is 2.10. The third kappa shape index (κ3) is 5.52. The molecule has 3 rings (SSSR count). The lowest BCUT2D eigenvalue weighted by molar-refractivity contribution is -0.114. The maximum atomic E-state index is 12.4. The number of aromatic nitrogens is 2. The molecule has 148 valence electrons. The summed E-state index contributed by atoms with van der Waals surface area (Å²) in [4.78, 5) is 23.5. The van der Waals surface area contributed by atoms with E-state index in [9.17, 15) is 9.59 Å². The molecule has 0 aliphatic carbocycles. The molecule has 1 aromatic heterocycles. The molecule has 0 atom stereocenters. The molecule has 3 N–H and O–H groups in total. The lowest BCUT2D eigenvalue weighted by Gasteiger charge is -2.10. The molecule has 0 unspecified atom stereocenters. The van der Waals surface area contributed by atoms with Crippen molar-refractivity contribution in [3.8, 4) is 5.75 Å². The molecule has 0 aliphatic rings. The van der Waals surface area contributed by atoms with Gasteiger partial charge in [-0.2, -0.15) is 0 Å². The Kier molecular flexibility index (Phi) is 6.36. The highest BCUT2D eigenvalue weighted by Crippen LogP contribution is 2.19. The number of ether oxygens (including phenoxy) is 1. The van der Waals surface area contributed by atoms with E-state index < -0.39 is 5.91 Å². The Hall–Kier alpha value is -3.94. The van der Waals surface area contributed by atoms with E-state index in [2.05, 4.69) is 26.1 Å². The van der Waals surface area contributed by atoms with E-state index in [1.165, 1.54) is 6.92 Å². The van der Waals surface area contributed by atoms with Crippen LogP contribution in [0.4, 0.5) is 17.2 Å². The van der Waals surface area contributed by atoms with E-state index >= 15 is 0 Å². The molecule has 0 radical (unpaired) electrons. The largest absolute Gasteiger partial charge is 0.496 e. The number of anilines is 3. The summed E-state index contributed by atoms with van der Waals surface area (Å²) in [5.41, 5.74) is 2.30. The first kappa shape index (κ1) is 19.8. The lowest BCUT2D eigenvalue weighted by Crippen LogP contribution is -2.15. The summed E-state index contributed by atoms with van der Waals surface area (Å²) in [6.07, 6.45) is 0. The van der Waals surface area contributed by atoms with Gasteiger partial charge < -0.3 is 20.7 Å². The highest BCUT2D eigenvalue weighted by atomic mass is 16.5. The molecular formula is C21H21N5O3. The number of benzene rings is 2. The molecular weight excluding hydrogens is 370 g/mol. The monoisotopic (exact) mass is 391 g/mol. The number of nitrogens with zero attached hydrogens (tertiary/aromatic N) is 2. The van der Waals surface area contributed by atoms with Gasteiger partial charge in [0.25, 0.3) is 5.91 Å². The predicted octanol–water partition coefficient (Wildman–Crippen LogP) is 3.31. The maximum Gasteiger partial charge on any atom is 0.276 e. The van der Waals surface area contributed by atoms with E-state index in [1.54, 1.807) is 43.5 Å². The number of methoxy groups -OCH3 is 1. The maximum absolute atomic E-state index is 12.4. The average molecular weight is 391 g/mol. The van der Waals surface area contributed by atoms with Crippen LogP contribution >= 0.6 is 0 Å². The van der Waals surface area contributed by atoms with Crippen molar-refractivity contribution in [2.75, 3.05) is 23.1 Å². The van der Waals surface area contributed by atoms with Crippen LogP contribution in [0.15, 0.2) is 60.7 Å². The number of nitrogens with one attached hydrogen (secondary N) is 3. The zero-order valence-electron chi connectivity index (χ0n) is 16.1. The standard InChI is InChI=1S/C21H21N5O3/c1-14(27)23-16-7-5-8-17(12-16)24-21(28)18-10-11-20(26-25-18)22-13-15-6-3-4-9-19(15)29-2/h3-12H,13H2,1-2H3,(H,22,26)(H,23,27)(H,24,28). The molecule has 8 heteroatoms. The number of amides is 2. The summed E-state index contributed by atoms with van der Waals surface area (Å²) >= 11 is 0. The Labute approximate surface area is 168 Å². The van der Waals surface area contributed by atoms with E-state index in [-0.39, 0.29) is 11.6 Å². The van der Waals surface area contributed by atoms with E-state index in [4.69, 9.17) is 4.74 Å². The third-order valence-corrected chi connectivity index (χ3v) is 3.99. The molecule has 29 heavy (non-hydrogen) atoms. The highest BCUT2D eigenvalue weighted by molar-refractivity contribution is 6.03. The summed E-state index contributed by atoms with van der Waals surface area (Å²) in [5, 5.41) is 16.6.